The highest BCUT2D eigenvalue weighted by molar-refractivity contribution is 7.26. The Morgan fingerprint density at radius 3 is 1.64 bits per heavy atom. The lowest BCUT2D eigenvalue weighted by Gasteiger charge is -2.27. The monoisotopic (exact) mass is 553 g/mol. The van der Waals surface area contributed by atoms with Crippen LogP contribution in [-0.2, 0) is 0 Å². The van der Waals surface area contributed by atoms with Gasteiger partial charge in [0.05, 0.1) is 16.1 Å². The molecule has 1 aromatic heterocycles. The minimum Gasteiger partial charge on any atom is -0.308 e. The molecule has 0 unspecified atom stereocenters. The molecule has 0 saturated heterocycles. The van der Waals surface area contributed by atoms with Crippen molar-refractivity contribution in [3.63, 3.8) is 0 Å². The maximum Gasteiger partial charge on any atom is 0.0640 e. The fraction of sp³-hybridized carbons (Fsp3) is 0. The van der Waals surface area contributed by atoms with Crippen LogP contribution in [0.15, 0.2) is 164 Å². The van der Waals surface area contributed by atoms with Crippen molar-refractivity contribution in [2.24, 2.45) is 0 Å². The van der Waals surface area contributed by atoms with Crippen molar-refractivity contribution in [2.75, 3.05) is 4.90 Å². The number of benzene rings is 7. The first kappa shape index (κ1) is 24.6. The molecule has 198 valence electrons. The van der Waals surface area contributed by atoms with E-state index in [0.29, 0.717) is 0 Å². The molecule has 8 aromatic rings. The van der Waals surface area contributed by atoms with Crippen LogP contribution in [0.3, 0.4) is 0 Å². The highest BCUT2D eigenvalue weighted by atomic mass is 32.1. The standard InChI is InChI=1S/C40H27NS/c1-2-10-28(11-3-1)29-20-22-30(23-21-29)31-24-26-33(27-25-31)41(37-17-8-13-32-12-4-5-14-34(32)37)38-18-9-16-36-35-15-6-7-19-39(35)42-40(36)38/h1-27H. The van der Waals surface area contributed by atoms with E-state index in [0.717, 1.165) is 5.69 Å². The van der Waals surface area contributed by atoms with Crippen molar-refractivity contribution >= 4 is 59.3 Å². The second-order valence-electron chi connectivity index (χ2n) is 10.6. The Hall–Kier alpha value is -5.18. The topological polar surface area (TPSA) is 3.24 Å². The van der Waals surface area contributed by atoms with Gasteiger partial charge in [0.1, 0.15) is 0 Å². The summed E-state index contributed by atoms with van der Waals surface area (Å²) in [7, 11) is 0. The molecule has 0 aliphatic heterocycles. The molecule has 7 aromatic carbocycles. The van der Waals surface area contributed by atoms with Gasteiger partial charge in [0.25, 0.3) is 0 Å². The molecule has 2 heteroatoms. The van der Waals surface area contributed by atoms with Crippen molar-refractivity contribution in [2.45, 2.75) is 0 Å². The Kier molecular flexibility index (Phi) is 6.05. The molecule has 0 saturated carbocycles. The van der Waals surface area contributed by atoms with Gasteiger partial charge in [0.15, 0.2) is 0 Å². The summed E-state index contributed by atoms with van der Waals surface area (Å²) in [6.07, 6.45) is 0. The first-order chi connectivity index (χ1) is 20.8. The van der Waals surface area contributed by atoms with E-state index in [1.807, 2.05) is 11.3 Å². The number of hydrogen-bond donors (Lipinski definition) is 0. The minimum atomic E-state index is 1.14. The lowest BCUT2D eigenvalue weighted by Crippen LogP contribution is -2.10. The van der Waals surface area contributed by atoms with E-state index in [9.17, 15) is 0 Å². The van der Waals surface area contributed by atoms with Crippen LogP contribution < -0.4 is 4.90 Å². The summed E-state index contributed by atoms with van der Waals surface area (Å²) in [6.45, 7) is 0. The quantitative estimate of drug-likeness (QED) is 0.205. The molecule has 0 spiro atoms. The van der Waals surface area contributed by atoms with Crippen LogP contribution in [0.2, 0.25) is 0 Å². The number of fused-ring (bicyclic) bond motifs is 4. The second kappa shape index (κ2) is 10.3. The zero-order valence-electron chi connectivity index (χ0n) is 22.9. The largest absolute Gasteiger partial charge is 0.308 e. The fourth-order valence-corrected chi connectivity index (χ4v) is 7.21. The smallest absolute Gasteiger partial charge is 0.0640 e. The molecule has 1 nitrogen and oxygen atoms in total. The number of rotatable bonds is 5. The van der Waals surface area contributed by atoms with Gasteiger partial charge >= 0.3 is 0 Å². The lowest BCUT2D eigenvalue weighted by atomic mass is 10.00. The Morgan fingerprint density at radius 2 is 0.881 bits per heavy atom. The van der Waals surface area contributed by atoms with Gasteiger partial charge in [-0.25, -0.2) is 0 Å². The van der Waals surface area contributed by atoms with Crippen LogP contribution in [0.4, 0.5) is 17.1 Å². The maximum absolute atomic E-state index is 2.43. The molecule has 8 rings (SSSR count). The Labute approximate surface area is 249 Å². The second-order valence-corrected chi connectivity index (χ2v) is 11.6. The summed E-state index contributed by atoms with van der Waals surface area (Å²) in [5.41, 5.74) is 8.40. The molecule has 42 heavy (non-hydrogen) atoms. The Morgan fingerprint density at radius 1 is 0.357 bits per heavy atom. The van der Waals surface area contributed by atoms with Gasteiger partial charge in [0, 0.05) is 26.5 Å². The number of hydrogen-bond acceptors (Lipinski definition) is 2. The van der Waals surface area contributed by atoms with Crippen molar-refractivity contribution in [1.82, 2.24) is 0 Å². The van der Waals surface area contributed by atoms with Crippen molar-refractivity contribution in [3.8, 4) is 22.3 Å². The van der Waals surface area contributed by atoms with Gasteiger partial charge in [-0.05, 0) is 58.0 Å². The van der Waals surface area contributed by atoms with Crippen LogP contribution in [0.5, 0.6) is 0 Å². The van der Waals surface area contributed by atoms with Crippen LogP contribution >= 0.6 is 11.3 Å². The Balaban J connectivity index is 1.27. The normalized spacial score (nSPS) is 11.3. The predicted molar refractivity (Wildman–Crippen MR) is 182 cm³/mol. The zero-order chi connectivity index (χ0) is 27.9. The molecule has 0 fully saturated rings. The minimum absolute atomic E-state index is 1.14. The van der Waals surface area contributed by atoms with E-state index in [1.165, 1.54) is 64.6 Å². The van der Waals surface area contributed by atoms with E-state index in [2.05, 4.69) is 169 Å². The summed E-state index contributed by atoms with van der Waals surface area (Å²) in [5.74, 6) is 0. The maximum atomic E-state index is 2.43. The fourth-order valence-electron chi connectivity index (χ4n) is 6.01. The SMILES string of the molecule is c1ccc(-c2ccc(-c3ccc(N(c4cccc5ccccc45)c4cccc5c4sc4ccccc45)cc3)cc2)cc1. The van der Waals surface area contributed by atoms with Gasteiger partial charge in [-0.2, -0.15) is 0 Å². The molecular formula is C40H27NS. The van der Waals surface area contributed by atoms with Gasteiger partial charge < -0.3 is 4.90 Å². The average molecular weight is 554 g/mol. The van der Waals surface area contributed by atoms with E-state index < -0.39 is 0 Å². The van der Waals surface area contributed by atoms with E-state index in [-0.39, 0.29) is 0 Å². The summed E-state index contributed by atoms with van der Waals surface area (Å²) < 4.78 is 2.61. The summed E-state index contributed by atoms with van der Waals surface area (Å²) in [5, 5.41) is 5.08. The van der Waals surface area contributed by atoms with Crippen LogP contribution in [-0.4, -0.2) is 0 Å². The first-order valence-corrected chi connectivity index (χ1v) is 15.1. The van der Waals surface area contributed by atoms with Gasteiger partial charge in [0.2, 0.25) is 0 Å². The highest BCUT2D eigenvalue weighted by Gasteiger charge is 2.19. The van der Waals surface area contributed by atoms with Gasteiger partial charge in [-0.3, -0.25) is 0 Å². The molecule has 0 aliphatic carbocycles. The molecule has 0 aliphatic rings. The number of anilines is 3. The van der Waals surface area contributed by atoms with Crippen LogP contribution in [0, 0.1) is 0 Å². The summed E-state index contributed by atoms with van der Waals surface area (Å²) >= 11 is 1.87. The Bertz CT molecular complexity index is 2170. The molecule has 0 bridgehead atoms. The molecule has 0 atom stereocenters. The van der Waals surface area contributed by atoms with Crippen molar-refractivity contribution < 1.29 is 0 Å². The zero-order valence-corrected chi connectivity index (χ0v) is 23.8. The first-order valence-electron chi connectivity index (χ1n) is 14.3. The molecule has 0 N–H and O–H groups in total. The lowest BCUT2D eigenvalue weighted by molar-refractivity contribution is 1.32. The molecular weight excluding hydrogens is 527 g/mol. The van der Waals surface area contributed by atoms with Crippen molar-refractivity contribution in [3.05, 3.63) is 164 Å². The number of nitrogens with zero attached hydrogens (tertiary/aromatic N) is 1. The third kappa shape index (κ3) is 4.25. The number of thiophene rings is 1. The van der Waals surface area contributed by atoms with Crippen LogP contribution in [0.1, 0.15) is 0 Å². The highest BCUT2D eigenvalue weighted by Crippen LogP contribution is 2.46. The van der Waals surface area contributed by atoms with E-state index in [4.69, 9.17) is 0 Å². The van der Waals surface area contributed by atoms with Crippen molar-refractivity contribution in [1.29, 1.82) is 0 Å². The molecule has 0 amide bonds. The summed E-state index contributed by atoms with van der Waals surface area (Å²) in [4.78, 5) is 2.43. The van der Waals surface area contributed by atoms with Gasteiger partial charge in [-0.15, -0.1) is 11.3 Å². The molecule has 1 heterocycles. The third-order valence-electron chi connectivity index (χ3n) is 8.08. The van der Waals surface area contributed by atoms with Crippen LogP contribution in [0.25, 0.3) is 53.2 Å². The van der Waals surface area contributed by atoms with Gasteiger partial charge in [-0.1, -0.05) is 133 Å². The third-order valence-corrected chi connectivity index (χ3v) is 9.29. The van der Waals surface area contributed by atoms with E-state index >= 15 is 0 Å². The van der Waals surface area contributed by atoms with E-state index in [1.54, 1.807) is 0 Å². The average Bonchev–Trinajstić information content (AvgIpc) is 3.45. The summed E-state index contributed by atoms with van der Waals surface area (Å²) in [6, 6.07) is 59.1. The molecule has 0 radical (unpaired) electrons. The predicted octanol–water partition coefficient (Wildman–Crippen LogP) is 12.0.